The van der Waals surface area contributed by atoms with Crippen LogP contribution in [0.1, 0.15) is 48.0 Å². The number of hydrogen-bond donors (Lipinski definition) is 1. The third-order valence-corrected chi connectivity index (χ3v) is 10.9. The highest BCUT2D eigenvalue weighted by Gasteiger charge is 2.57. The van der Waals surface area contributed by atoms with Crippen molar-refractivity contribution < 1.29 is 49.7 Å². The molecule has 1 fully saturated rings. The number of halogens is 5. The number of aliphatic hydroxyl groups is 1. The zero-order valence-corrected chi connectivity index (χ0v) is 27.7. The summed E-state index contributed by atoms with van der Waals surface area (Å²) in [6.07, 6.45) is -3.61. The summed E-state index contributed by atoms with van der Waals surface area (Å²) >= 11 is 0. The molecule has 4 aromatic rings. The Balaban J connectivity index is 1.39. The monoisotopic (exact) mass is 720 g/mol. The predicted molar refractivity (Wildman–Crippen MR) is 170 cm³/mol. The van der Waals surface area contributed by atoms with Crippen LogP contribution in [-0.4, -0.2) is 67.5 Å². The average molecular weight is 721 g/mol. The fraction of sp³-hybridized carbons (Fsp3) is 0.353. The van der Waals surface area contributed by atoms with Gasteiger partial charge in [-0.25, -0.2) is 31.5 Å². The Morgan fingerprint density at radius 2 is 1.80 bits per heavy atom. The molecule has 0 radical (unpaired) electrons. The molecule has 50 heavy (non-hydrogen) atoms. The van der Waals surface area contributed by atoms with Crippen molar-refractivity contribution in [3.05, 3.63) is 102 Å². The molecule has 1 unspecified atom stereocenters. The number of aromatic nitrogens is 2. The molecule has 10 nitrogen and oxygen atoms in total. The molecule has 1 saturated heterocycles. The number of nitrogens with zero attached hydrogens (tertiary/aromatic N) is 4. The van der Waals surface area contributed by atoms with Crippen molar-refractivity contribution in [1.82, 2.24) is 14.9 Å². The van der Waals surface area contributed by atoms with Gasteiger partial charge in [0, 0.05) is 67.0 Å². The number of alkyl halides is 3. The maximum Gasteiger partial charge on any atom is 0.417 e. The van der Waals surface area contributed by atoms with E-state index in [0.717, 1.165) is 34.9 Å². The number of hydrogen-bond acceptors (Lipinski definition) is 9. The fourth-order valence-corrected chi connectivity index (χ4v) is 7.99. The Kier molecular flexibility index (Phi) is 9.63. The number of anilines is 1. The first-order valence-corrected chi connectivity index (χ1v) is 17.0. The normalized spacial score (nSPS) is 21.2. The average Bonchev–Trinajstić information content (AvgIpc) is 3.10. The first kappa shape index (κ1) is 35.3. The van der Waals surface area contributed by atoms with Gasteiger partial charge in [-0.3, -0.25) is 4.90 Å². The number of methoxy groups -OCH3 is 2. The van der Waals surface area contributed by atoms with Crippen molar-refractivity contribution in [1.29, 1.82) is 0 Å². The largest absolute Gasteiger partial charge is 0.497 e. The molecule has 0 saturated carbocycles. The number of fused-ring (bicyclic) bond motifs is 1. The lowest BCUT2D eigenvalue weighted by Gasteiger charge is -2.48. The lowest BCUT2D eigenvalue weighted by Crippen LogP contribution is -2.55. The molecule has 266 valence electrons. The summed E-state index contributed by atoms with van der Waals surface area (Å²) in [6.45, 7) is -0.519. The lowest BCUT2D eigenvalue weighted by molar-refractivity contribution is -0.280. The van der Waals surface area contributed by atoms with E-state index < -0.39 is 63.3 Å². The molecular formula is C34H33F5N4O6S. The maximum absolute atomic E-state index is 16.2. The van der Waals surface area contributed by atoms with E-state index in [9.17, 15) is 31.1 Å². The highest BCUT2D eigenvalue weighted by molar-refractivity contribution is 7.92. The second-order valence-electron chi connectivity index (χ2n) is 12.0. The van der Waals surface area contributed by atoms with E-state index in [2.05, 4.69) is 9.97 Å². The summed E-state index contributed by atoms with van der Waals surface area (Å²) < 4.78 is 118. The molecule has 2 aliphatic rings. The zero-order chi connectivity index (χ0) is 35.8. The quantitative estimate of drug-likeness (QED) is 0.204. The van der Waals surface area contributed by atoms with Crippen LogP contribution in [0.25, 0.3) is 0 Å². The minimum atomic E-state index is -4.92. The van der Waals surface area contributed by atoms with Crippen LogP contribution >= 0.6 is 0 Å². The molecule has 0 aliphatic carbocycles. The van der Waals surface area contributed by atoms with E-state index in [0.29, 0.717) is 22.6 Å². The van der Waals surface area contributed by atoms with Crippen molar-refractivity contribution in [2.45, 2.75) is 54.6 Å². The van der Waals surface area contributed by atoms with Crippen LogP contribution in [0, 0.1) is 11.6 Å². The van der Waals surface area contributed by atoms with Gasteiger partial charge in [-0.1, -0.05) is 12.1 Å². The van der Waals surface area contributed by atoms with E-state index in [4.69, 9.17) is 14.2 Å². The third-order valence-electron chi connectivity index (χ3n) is 9.17. The van der Waals surface area contributed by atoms with Gasteiger partial charge >= 0.3 is 6.18 Å². The molecule has 2 aliphatic heterocycles. The van der Waals surface area contributed by atoms with Crippen molar-refractivity contribution in [2.24, 2.45) is 0 Å². The molecule has 3 aromatic carbocycles. The SMILES string of the molecule is COc1ccc(CN(c2ccncn2)S(=O)(=O)c2cc3c(cc2F)C(N2CC[C@@](O)(C(F)(F)F)C[C@H]2c2ccc(F)cc2)CCO3)c(OC)c1. The van der Waals surface area contributed by atoms with E-state index in [1.807, 2.05) is 0 Å². The van der Waals surface area contributed by atoms with Gasteiger partial charge in [-0.05, 0) is 42.3 Å². The Labute approximate surface area is 285 Å². The molecule has 3 atom stereocenters. The lowest BCUT2D eigenvalue weighted by atomic mass is 9.81. The Hall–Kier alpha value is -4.54. The van der Waals surface area contributed by atoms with Crippen LogP contribution in [0.3, 0.4) is 0 Å². The van der Waals surface area contributed by atoms with Gasteiger partial charge in [0.25, 0.3) is 10.0 Å². The second kappa shape index (κ2) is 13.6. The number of benzene rings is 3. The van der Waals surface area contributed by atoms with Crippen LogP contribution in [0.5, 0.6) is 17.2 Å². The van der Waals surface area contributed by atoms with E-state index in [1.54, 1.807) is 23.1 Å². The summed E-state index contributed by atoms with van der Waals surface area (Å²) in [5, 5.41) is 10.7. The molecule has 0 bridgehead atoms. The van der Waals surface area contributed by atoms with Crippen molar-refractivity contribution in [3.8, 4) is 17.2 Å². The predicted octanol–water partition coefficient (Wildman–Crippen LogP) is 6.12. The zero-order valence-electron chi connectivity index (χ0n) is 26.9. The van der Waals surface area contributed by atoms with Gasteiger partial charge in [0.1, 0.15) is 45.9 Å². The summed E-state index contributed by atoms with van der Waals surface area (Å²) in [7, 11) is -1.82. The minimum absolute atomic E-state index is 0.0282. The summed E-state index contributed by atoms with van der Waals surface area (Å²) in [5.41, 5.74) is -2.03. The molecule has 0 spiro atoms. The Bertz CT molecular complexity index is 1950. The minimum Gasteiger partial charge on any atom is -0.497 e. The molecule has 3 heterocycles. The van der Waals surface area contributed by atoms with Gasteiger partial charge in [-0.15, -0.1) is 0 Å². The smallest absolute Gasteiger partial charge is 0.417 e. The molecule has 1 aromatic heterocycles. The van der Waals surface area contributed by atoms with Crippen molar-refractivity contribution in [2.75, 3.05) is 31.7 Å². The van der Waals surface area contributed by atoms with Crippen LogP contribution in [0.2, 0.25) is 0 Å². The van der Waals surface area contributed by atoms with Gasteiger partial charge in [0.2, 0.25) is 0 Å². The van der Waals surface area contributed by atoms with Gasteiger partial charge in [-0.2, -0.15) is 13.2 Å². The fourth-order valence-electron chi connectivity index (χ4n) is 6.52. The van der Waals surface area contributed by atoms with E-state index >= 15 is 4.39 Å². The van der Waals surface area contributed by atoms with Gasteiger partial charge < -0.3 is 19.3 Å². The van der Waals surface area contributed by atoms with Gasteiger partial charge in [0.15, 0.2) is 5.60 Å². The number of ether oxygens (including phenoxy) is 3. The summed E-state index contributed by atoms with van der Waals surface area (Å²) in [6, 6.07) is 11.4. The molecule has 6 rings (SSSR count). The van der Waals surface area contributed by atoms with Gasteiger partial charge in [0.05, 0.1) is 27.4 Å². The molecular weight excluding hydrogens is 687 g/mol. The third kappa shape index (κ3) is 6.66. The number of sulfonamides is 1. The van der Waals surface area contributed by atoms with Crippen LogP contribution < -0.4 is 18.5 Å². The maximum atomic E-state index is 16.2. The second-order valence-corrected chi connectivity index (χ2v) is 13.8. The molecule has 0 amide bonds. The summed E-state index contributed by atoms with van der Waals surface area (Å²) in [5.74, 6) is -0.960. The van der Waals surface area contributed by atoms with Crippen LogP contribution in [0.4, 0.5) is 27.8 Å². The van der Waals surface area contributed by atoms with E-state index in [-0.39, 0.29) is 43.2 Å². The number of rotatable bonds is 9. The molecule has 16 heteroatoms. The van der Waals surface area contributed by atoms with Crippen LogP contribution in [-0.2, 0) is 16.6 Å². The molecule has 1 N–H and O–H groups in total. The highest BCUT2D eigenvalue weighted by atomic mass is 32.2. The standard InChI is InChI=1S/C34H33F5N4O6S/c1-47-24-8-5-22(29(15-24)48-2)19-43(32-9-12-40-20-41-32)50(45,46)31-17-30-25(16-26(31)36)27(10-14-49-30)42-13-11-33(44,34(37,38)39)18-28(42)21-3-6-23(35)7-4-21/h3-9,12,15-17,20,27-28,44H,10-11,13-14,18-19H2,1-2H3/t27?,28-,33-/m0/s1. The van der Waals surface area contributed by atoms with Crippen molar-refractivity contribution in [3.63, 3.8) is 0 Å². The number of piperidine rings is 1. The Morgan fingerprint density at radius 3 is 2.46 bits per heavy atom. The number of likely N-dealkylation sites (tertiary alicyclic amines) is 1. The Morgan fingerprint density at radius 1 is 1.04 bits per heavy atom. The van der Waals surface area contributed by atoms with E-state index in [1.165, 1.54) is 38.6 Å². The van der Waals surface area contributed by atoms with Crippen molar-refractivity contribution >= 4 is 15.8 Å². The topological polar surface area (TPSA) is 114 Å². The van der Waals surface area contributed by atoms with Crippen LogP contribution in [0.15, 0.2) is 78.1 Å². The highest BCUT2D eigenvalue weighted by Crippen LogP contribution is 2.50. The first-order valence-electron chi connectivity index (χ1n) is 15.5. The first-order chi connectivity index (χ1) is 23.8. The summed E-state index contributed by atoms with van der Waals surface area (Å²) in [4.78, 5) is 8.94.